The van der Waals surface area contributed by atoms with Crippen molar-refractivity contribution in [1.82, 2.24) is 5.32 Å². The van der Waals surface area contributed by atoms with E-state index in [4.69, 9.17) is 10.5 Å². The lowest BCUT2D eigenvalue weighted by Gasteiger charge is -2.04. The molecule has 2 aromatic rings. The van der Waals surface area contributed by atoms with E-state index >= 15 is 0 Å². The summed E-state index contributed by atoms with van der Waals surface area (Å²) in [4.78, 5) is 22.4. The van der Waals surface area contributed by atoms with Crippen LogP contribution in [0.5, 0.6) is 5.75 Å². The maximum atomic E-state index is 11.8. The summed E-state index contributed by atoms with van der Waals surface area (Å²) in [6.45, 7) is 0.437. The topological polar surface area (TPSA) is 81.4 Å². The Hall–Kier alpha value is -3.08. The summed E-state index contributed by atoms with van der Waals surface area (Å²) in [5.41, 5.74) is 7.06. The minimum Gasteiger partial charge on any atom is -0.484 e. The lowest BCUT2D eigenvalue weighted by atomic mass is 10.1. The van der Waals surface area contributed by atoms with E-state index in [9.17, 15) is 9.59 Å². The van der Waals surface area contributed by atoms with Crippen LogP contribution in [0, 0.1) is 0 Å². The van der Waals surface area contributed by atoms with Gasteiger partial charge < -0.3 is 15.8 Å². The van der Waals surface area contributed by atoms with Crippen molar-refractivity contribution in [2.75, 3.05) is 13.2 Å². The van der Waals surface area contributed by atoms with Crippen LogP contribution in [0.3, 0.4) is 0 Å². The van der Waals surface area contributed by atoms with Gasteiger partial charge in [0.1, 0.15) is 5.75 Å². The summed E-state index contributed by atoms with van der Waals surface area (Å²) in [6, 6.07) is 17.0. The molecule has 0 atom stereocenters. The molecule has 2 amide bonds. The predicted octanol–water partition coefficient (Wildman–Crippen LogP) is 1.92. The smallest absolute Gasteiger partial charge is 0.255 e. The van der Waals surface area contributed by atoms with Crippen molar-refractivity contribution in [2.24, 2.45) is 5.73 Å². The van der Waals surface area contributed by atoms with Gasteiger partial charge in [-0.15, -0.1) is 0 Å². The Morgan fingerprint density at radius 2 is 1.75 bits per heavy atom. The van der Waals surface area contributed by atoms with Gasteiger partial charge in [-0.2, -0.15) is 0 Å². The first kappa shape index (κ1) is 17.3. The van der Waals surface area contributed by atoms with Gasteiger partial charge in [0.15, 0.2) is 6.61 Å². The van der Waals surface area contributed by atoms with Gasteiger partial charge in [0.05, 0.1) is 0 Å². The zero-order valence-corrected chi connectivity index (χ0v) is 13.3. The molecule has 2 rings (SSSR count). The second kappa shape index (κ2) is 9.15. The predicted molar refractivity (Wildman–Crippen MR) is 93.3 cm³/mol. The van der Waals surface area contributed by atoms with E-state index in [1.807, 2.05) is 30.3 Å². The highest BCUT2D eigenvalue weighted by molar-refractivity contribution is 5.91. The van der Waals surface area contributed by atoms with Gasteiger partial charge in [-0.05, 0) is 35.8 Å². The molecule has 0 spiro atoms. The average molecular weight is 324 g/mol. The molecule has 0 unspecified atom stereocenters. The van der Waals surface area contributed by atoms with Crippen molar-refractivity contribution in [2.45, 2.75) is 6.42 Å². The Balaban J connectivity index is 1.75. The number of primary amides is 1. The molecule has 0 saturated carbocycles. The quantitative estimate of drug-likeness (QED) is 0.728. The first-order valence-electron chi connectivity index (χ1n) is 7.64. The molecule has 0 aliphatic heterocycles. The van der Waals surface area contributed by atoms with Crippen molar-refractivity contribution in [3.63, 3.8) is 0 Å². The van der Waals surface area contributed by atoms with E-state index in [2.05, 4.69) is 5.32 Å². The van der Waals surface area contributed by atoms with E-state index < -0.39 is 5.91 Å². The molecule has 0 fully saturated rings. The van der Waals surface area contributed by atoms with Gasteiger partial charge in [-0.1, -0.05) is 42.5 Å². The lowest BCUT2D eigenvalue weighted by Crippen LogP contribution is -2.23. The van der Waals surface area contributed by atoms with Crippen LogP contribution in [0.25, 0.3) is 6.08 Å². The number of rotatable bonds is 8. The molecule has 0 saturated heterocycles. The molecule has 0 aromatic heterocycles. The molecule has 3 N–H and O–H groups in total. The monoisotopic (exact) mass is 324 g/mol. The minimum atomic E-state index is -0.522. The van der Waals surface area contributed by atoms with Crippen LogP contribution < -0.4 is 15.8 Å². The number of benzene rings is 2. The fourth-order valence-electron chi connectivity index (χ4n) is 2.04. The highest BCUT2D eigenvalue weighted by Crippen LogP contribution is 2.13. The largest absolute Gasteiger partial charge is 0.484 e. The first-order valence-corrected chi connectivity index (χ1v) is 7.64. The average Bonchev–Trinajstić information content (AvgIpc) is 2.60. The van der Waals surface area contributed by atoms with Crippen LogP contribution in [-0.4, -0.2) is 25.0 Å². The highest BCUT2D eigenvalue weighted by Gasteiger charge is 1.98. The normalized spacial score (nSPS) is 10.5. The van der Waals surface area contributed by atoms with Gasteiger partial charge in [0, 0.05) is 12.6 Å². The molecule has 0 aliphatic rings. The maximum absolute atomic E-state index is 11.8. The Morgan fingerprint density at radius 3 is 2.42 bits per heavy atom. The molecular formula is C19H20N2O3. The molecular weight excluding hydrogens is 304 g/mol. The molecule has 5 heteroatoms. The standard InChI is InChI=1S/C19H20N2O3/c20-18(22)14-24-17-9-6-16(7-10-17)8-11-19(23)21-13-12-15-4-2-1-3-5-15/h1-11H,12-14H2,(H2,20,22)(H,21,23)/b11-8+. The summed E-state index contributed by atoms with van der Waals surface area (Å²) in [6.07, 6.45) is 4.01. The van der Waals surface area contributed by atoms with Crippen molar-refractivity contribution >= 4 is 17.9 Å². The minimum absolute atomic E-state index is 0.139. The Morgan fingerprint density at radius 1 is 1.04 bits per heavy atom. The molecule has 0 heterocycles. The number of ether oxygens (including phenoxy) is 1. The molecule has 0 bridgehead atoms. The van der Waals surface area contributed by atoms with Gasteiger partial charge in [-0.3, -0.25) is 9.59 Å². The van der Waals surface area contributed by atoms with E-state index in [1.54, 1.807) is 30.3 Å². The van der Waals surface area contributed by atoms with Gasteiger partial charge in [0.2, 0.25) is 5.91 Å². The Labute approximate surface area is 141 Å². The SMILES string of the molecule is NC(=O)COc1ccc(/C=C/C(=O)NCCc2ccccc2)cc1. The van der Waals surface area contributed by atoms with Crippen LogP contribution >= 0.6 is 0 Å². The summed E-state index contributed by atoms with van der Waals surface area (Å²) in [7, 11) is 0. The van der Waals surface area contributed by atoms with Crippen molar-refractivity contribution in [3.05, 3.63) is 71.8 Å². The van der Waals surface area contributed by atoms with E-state index in [0.717, 1.165) is 12.0 Å². The molecule has 0 aliphatic carbocycles. The second-order valence-corrected chi connectivity index (χ2v) is 5.18. The Kier molecular flexibility index (Phi) is 6.58. The van der Waals surface area contributed by atoms with Gasteiger partial charge >= 0.3 is 0 Å². The summed E-state index contributed by atoms with van der Waals surface area (Å²) < 4.78 is 5.17. The number of carbonyl (C=O) groups is 2. The van der Waals surface area contributed by atoms with Crippen LogP contribution in [0.2, 0.25) is 0 Å². The lowest BCUT2D eigenvalue weighted by molar-refractivity contribution is -0.120. The summed E-state index contributed by atoms with van der Waals surface area (Å²) in [5, 5.41) is 2.84. The zero-order valence-electron chi connectivity index (χ0n) is 13.3. The number of nitrogens with one attached hydrogen (secondary N) is 1. The third kappa shape index (κ3) is 6.36. The van der Waals surface area contributed by atoms with Crippen molar-refractivity contribution < 1.29 is 14.3 Å². The Bertz CT molecular complexity index is 694. The molecule has 124 valence electrons. The number of hydrogen-bond acceptors (Lipinski definition) is 3. The van der Waals surface area contributed by atoms with Crippen LogP contribution in [0.15, 0.2) is 60.7 Å². The second-order valence-electron chi connectivity index (χ2n) is 5.18. The third-order valence-corrected chi connectivity index (χ3v) is 3.24. The number of nitrogens with two attached hydrogens (primary N) is 1. The fourth-order valence-corrected chi connectivity index (χ4v) is 2.04. The maximum Gasteiger partial charge on any atom is 0.255 e. The number of hydrogen-bond donors (Lipinski definition) is 2. The van der Waals surface area contributed by atoms with Crippen molar-refractivity contribution in [3.8, 4) is 5.75 Å². The first-order chi connectivity index (χ1) is 11.6. The summed E-state index contributed by atoms with van der Waals surface area (Å²) >= 11 is 0. The summed E-state index contributed by atoms with van der Waals surface area (Å²) in [5.74, 6) is -0.107. The number of carbonyl (C=O) groups excluding carboxylic acids is 2. The van der Waals surface area contributed by atoms with Crippen LogP contribution in [0.4, 0.5) is 0 Å². The van der Waals surface area contributed by atoms with E-state index in [-0.39, 0.29) is 12.5 Å². The number of amides is 2. The molecule has 2 aromatic carbocycles. The van der Waals surface area contributed by atoms with Gasteiger partial charge in [-0.25, -0.2) is 0 Å². The zero-order chi connectivity index (χ0) is 17.2. The molecule has 24 heavy (non-hydrogen) atoms. The van der Waals surface area contributed by atoms with Crippen molar-refractivity contribution in [1.29, 1.82) is 0 Å². The van der Waals surface area contributed by atoms with Crippen LogP contribution in [0.1, 0.15) is 11.1 Å². The van der Waals surface area contributed by atoms with Gasteiger partial charge in [0.25, 0.3) is 5.91 Å². The van der Waals surface area contributed by atoms with E-state index in [1.165, 1.54) is 11.6 Å². The highest BCUT2D eigenvalue weighted by atomic mass is 16.5. The molecule has 0 radical (unpaired) electrons. The fraction of sp³-hybridized carbons (Fsp3) is 0.158. The van der Waals surface area contributed by atoms with Crippen LogP contribution in [-0.2, 0) is 16.0 Å². The third-order valence-electron chi connectivity index (χ3n) is 3.24. The molecule has 5 nitrogen and oxygen atoms in total. The van der Waals surface area contributed by atoms with E-state index in [0.29, 0.717) is 12.3 Å².